The fraction of sp³-hybridized carbons (Fsp3) is 0.571. The molecule has 1 aliphatic heterocycles. The first-order valence-electron chi connectivity index (χ1n) is 6.29. The van der Waals surface area contributed by atoms with E-state index < -0.39 is 0 Å². The molecule has 1 N–H and O–H groups in total. The molecule has 1 heterocycles. The number of piperidine rings is 1. The molecule has 0 saturated carbocycles. The standard InChI is InChI=1S/C14H21FN2/c1-10-8-12(15)4-5-14(10)16-13-6-7-17(3)11(2)9-13/h4-5,8,11,13,16H,6-7,9H2,1-3H3. The Hall–Kier alpha value is -1.09. The molecule has 1 aromatic rings. The Morgan fingerprint density at radius 1 is 1.41 bits per heavy atom. The van der Waals surface area contributed by atoms with Crippen LogP contribution in [0, 0.1) is 12.7 Å². The average Bonchev–Trinajstić information content (AvgIpc) is 2.27. The lowest BCUT2D eigenvalue weighted by Crippen LogP contribution is -2.42. The van der Waals surface area contributed by atoms with Crippen LogP contribution in [0.2, 0.25) is 0 Å². The van der Waals surface area contributed by atoms with E-state index in [0.717, 1.165) is 30.6 Å². The maximum atomic E-state index is 13.0. The third kappa shape index (κ3) is 2.97. The molecule has 2 rings (SSSR count). The molecule has 94 valence electrons. The van der Waals surface area contributed by atoms with Crippen LogP contribution in [-0.4, -0.2) is 30.6 Å². The Morgan fingerprint density at radius 3 is 2.82 bits per heavy atom. The number of nitrogens with one attached hydrogen (secondary N) is 1. The maximum absolute atomic E-state index is 13.0. The van der Waals surface area contributed by atoms with Crippen molar-refractivity contribution in [3.8, 4) is 0 Å². The highest BCUT2D eigenvalue weighted by molar-refractivity contribution is 5.51. The summed E-state index contributed by atoms with van der Waals surface area (Å²) in [4.78, 5) is 2.38. The zero-order valence-corrected chi connectivity index (χ0v) is 10.8. The van der Waals surface area contributed by atoms with Crippen molar-refractivity contribution in [3.05, 3.63) is 29.6 Å². The number of likely N-dealkylation sites (tertiary alicyclic amines) is 1. The summed E-state index contributed by atoms with van der Waals surface area (Å²) in [7, 11) is 2.17. The van der Waals surface area contributed by atoms with Gasteiger partial charge in [0.2, 0.25) is 0 Å². The van der Waals surface area contributed by atoms with E-state index in [4.69, 9.17) is 0 Å². The zero-order valence-electron chi connectivity index (χ0n) is 10.8. The predicted molar refractivity (Wildman–Crippen MR) is 69.9 cm³/mol. The van der Waals surface area contributed by atoms with E-state index >= 15 is 0 Å². The average molecular weight is 236 g/mol. The van der Waals surface area contributed by atoms with Crippen LogP contribution in [-0.2, 0) is 0 Å². The highest BCUT2D eigenvalue weighted by atomic mass is 19.1. The molecule has 1 aliphatic rings. The van der Waals surface area contributed by atoms with Gasteiger partial charge in [0.25, 0.3) is 0 Å². The lowest BCUT2D eigenvalue weighted by Gasteiger charge is -2.36. The summed E-state index contributed by atoms with van der Waals surface area (Å²) in [6.07, 6.45) is 2.30. The molecule has 1 aromatic carbocycles. The number of nitrogens with zero attached hydrogens (tertiary/aromatic N) is 1. The van der Waals surface area contributed by atoms with Crippen LogP contribution in [0.1, 0.15) is 25.3 Å². The van der Waals surface area contributed by atoms with Crippen LogP contribution in [0.25, 0.3) is 0 Å². The van der Waals surface area contributed by atoms with Crippen molar-refractivity contribution in [1.29, 1.82) is 0 Å². The second kappa shape index (κ2) is 5.05. The maximum Gasteiger partial charge on any atom is 0.123 e. The van der Waals surface area contributed by atoms with Gasteiger partial charge >= 0.3 is 0 Å². The van der Waals surface area contributed by atoms with Gasteiger partial charge in [-0.1, -0.05) is 0 Å². The summed E-state index contributed by atoms with van der Waals surface area (Å²) in [5, 5.41) is 3.53. The number of anilines is 1. The van der Waals surface area contributed by atoms with Crippen LogP contribution < -0.4 is 5.32 Å². The molecule has 0 amide bonds. The third-order valence-electron chi connectivity index (χ3n) is 3.76. The molecule has 0 radical (unpaired) electrons. The molecule has 0 spiro atoms. The van der Waals surface area contributed by atoms with Crippen LogP contribution in [0.15, 0.2) is 18.2 Å². The van der Waals surface area contributed by atoms with Crippen LogP contribution in [0.3, 0.4) is 0 Å². The van der Waals surface area contributed by atoms with Crippen molar-refractivity contribution in [2.45, 2.75) is 38.8 Å². The van der Waals surface area contributed by atoms with Gasteiger partial charge in [-0.15, -0.1) is 0 Å². The first-order chi connectivity index (χ1) is 8.06. The van der Waals surface area contributed by atoms with E-state index in [2.05, 4.69) is 24.2 Å². The Kier molecular flexibility index (Phi) is 3.67. The monoisotopic (exact) mass is 236 g/mol. The van der Waals surface area contributed by atoms with E-state index in [0.29, 0.717) is 12.1 Å². The summed E-state index contributed by atoms with van der Waals surface area (Å²) in [6, 6.07) is 6.06. The molecule has 17 heavy (non-hydrogen) atoms. The summed E-state index contributed by atoms with van der Waals surface area (Å²) in [5.41, 5.74) is 2.05. The van der Waals surface area contributed by atoms with Gasteiger partial charge in [0.15, 0.2) is 0 Å². The molecule has 1 fully saturated rings. The highest BCUT2D eigenvalue weighted by Gasteiger charge is 2.22. The molecule has 0 aromatic heterocycles. The largest absolute Gasteiger partial charge is 0.382 e. The molecule has 3 heteroatoms. The lowest BCUT2D eigenvalue weighted by molar-refractivity contribution is 0.190. The van der Waals surface area contributed by atoms with Crippen molar-refractivity contribution in [2.24, 2.45) is 0 Å². The summed E-state index contributed by atoms with van der Waals surface area (Å²) in [5.74, 6) is -0.162. The predicted octanol–water partition coefficient (Wildman–Crippen LogP) is 3.03. The fourth-order valence-corrected chi connectivity index (χ4v) is 2.43. The van der Waals surface area contributed by atoms with Crippen LogP contribution in [0.4, 0.5) is 10.1 Å². The Bertz CT molecular complexity index is 392. The fourth-order valence-electron chi connectivity index (χ4n) is 2.43. The molecule has 2 unspecified atom stereocenters. The van der Waals surface area contributed by atoms with Gasteiger partial charge in [-0.25, -0.2) is 4.39 Å². The molecule has 2 atom stereocenters. The van der Waals surface area contributed by atoms with Gasteiger partial charge < -0.3 is 10.2 Å². The normalized spacial score (nSPS) is 25.9. The number of halogens is 1. The van der Waals surface area contributed by atoms with Gasteiger partial charge in [0.05, 0.1) is 0 Å². The molecule has 0 aliphatic carbocycles. The molecular weight excluding hydrogens is 215 g/mol. The van der Waals surface area contributed by atoms with E-state index in [9.17, 15) is 4.39 Å². The Morgan fingerprint density at radius 2 is 2.18 bits per heavy atom. The van der Waals surface area contributed by atoms with Crippen molar-refractivity contribution >= 4 is 5.69 Å². The minimum Gasteiger partial charge on any atom is -0.382 e. The van der Waals surface area contributed by atoms with Gasteiger partial charge in [-0.05, 0) is 57.5 Å². The third-order valence-corrected chi connectivity index (χ3v) is 3.76. The second-order valence-corrected chi connectivity index (χ2v) is 5.15. The minimum atomic E-state index is -0.162. The SMILES string of the molecule is Cc1cc(F)ccc1NC1CCN(C)C(C)C1. The summed E-state index contributed by atoms with van der Waals surface area (Å²) in [6.45, 7) is 5.33. The van der Waals surface area contributed by atoms with Crippen LogP contribution in [0.5, 0.6) is 0 Å². The smallest absolute Gasteiger partial charge is 0.123 e. The summed E-state index contributed by atoms with van der Waals surface area (Å²) < 4.78 is 13.0. The highest BCUT2D eigenvalue weighted by Crippen LogP contribution is 2.22. The molecule has 2 nitrogen and oxygen atoms in total. The number of aryl methyl sites for hydroxylation is 1. The van der Waals surface area contributed by atoms with Crippen molar-refractivity contribution in [2.75, 3.05) is 18.9 Å². The number of hydrogen-bond donors (Lipinski definition) is 1. The second-order valence-electron chi connectivity index (χ2n) is 5.15. The molecule has 0 bridgehead atoms. The first-order valence-corrected chi connectivity index (χ1v) is 6.29. The van der Waals surface area contributed by atoms with E-state index in [1.54, 1.807) is 6.07 Å². The van der Waals surface area contributed by atoms with Gasteiger partial charge in [0.1, 0.15) is 5.82 Å². The molecule has 1 saturated heterocycles. The van der Waals surface area contributed by atoms with Gasteiger partial charge in [-0.2, -0.15) is 0 Å². The Balaban J connectivity index is 2.01. The lowest BCUT2D eigenvalue weighted by atomic mass is 9.98. The first kappa shape index (κ1) is 12.4. The van der Waals surface area contributed by atoms with Crippen molar-refractivity contribution in [3.63, 3.8) is 0 Å². The number of hydrogen-bond acceptors (Lipinski definition) is 2. The van der Waals surface area contributed by atoms with E-state index in [1.807, 2.05) is 13.0 Å². The zero-order chi connectivity index (χ0) is 12.4. The van der Waals surface area contributed by atoms with Crippen molar-refractivity contribution < 1.29 is 4.39 Å². The number of rotatable bonds is 2. The van der Waals surface area contributed by atoms with Gasteiger partial charge in [-0.3, -0.25) is 0 Å². The van der Waals surface area contributed by atoms with Crippen molar-refractivity contribution in [1.82, 2.24) is 4.90 Å². The topological polar surface area (TPSA) is 15.3 Å². The quantitative estimate of drug-likeness (QED) is 0.849. The summed E-state index contributed by atoms with van der Waals surface area (Å²) >= 11 is 0. The van der Waals surface area contributed by atoms with E-state index in [1.165, 1.54) is 6.07 Å². The molecular formula is C14H21FN2. The van der Waals surface area contributed by atoms with E-state index in [-0.39, 0.29) is 5.82 Å². The van der Waals surface area contributed by atoms with Gasteiger partial charge in [0, 0.05) is 24.3 Å². The Labute approximate surface area is 103 Å². The minimum absolute atomic E-state index is 0.162. The number of benzene rings is 1. The van der Waals surface area contributed by atoms with Crippen LogP contribution >= 0.6 is 0 Å².